The average molecular weight is 866 g/mol. The first kappa shape index (κ1) is 46.7. The molecule has 336 valence electrons. The number of hydrogen-bond acceptors (Lipinski definition) is 12. The third-order valence-electron chi connectivity index (χ3n) is 12.0. The number of hydrogen-bond donors (Lipinski definition) is 2. The summed E-state index contributed by atoms with van der Waals surface area (Å²) in [6, 6.07) is 15.9. The summed E-state index contributed by atoms with van der Waals surface area (Å²) in [6.07, 6.45) is 12.2. The molecule has 3 aliphatic rings. The Morgan fingerprint density at radius 3 is 2.38 bits per heavy atom. The molecule has 1 heterocycles. The number of aliphatic hydroxyl groups excluding tert-OH is 2. The summed E-state index contributed by atoms with van der Waals surface area (Å²) in [5.74, 6) is -0.697. The lowest BCUT2D eigenvalue weighted by Gasteiger charge is -2.59. The van der Waals surface area contributed by atoms with Crippen molar-refractivity contribution in [2.24, 2.45) is 22.9 Å². The molecule has 0 radical (unpaired) electrons. The van der Waals surface area contributed by atoms with Crippen LogP contribution >= 0.6 is 0 Å². The van der Waals surface area contributed by atoms with Gasteiger partial charge in [-0.05, 0) is 124 Å². The number of ether oxygens (including phenoxy) is 4. The smallest absolute Gasteiger partial charge is 0.269 e. The van der Waals surface area contributed by atoms with Crippen LogP contribution < -0.4 is 14.2 Å². The summed E-state index contributed by atoms with van der Waals surface area (Å²) >= 11 is 0. The first-order valence-electron chi connectivity index (χ1n) is 21.5. The molecule has 0 aromatic heterocycles. The second-order valence-electron chi connectivity index (χ2n) is 17.2. The Kier molecular flexibility index (Phi) is 15.2. The number of carbonyl (C=O) groups is 2. The number of rotatable bonds is 20. The van der Waals surface area contributed by atoms with E-state index < -0.39 is 28.3 Å². The molecule has 3 aromatic carbocycles. The van der Waals surface area contributed by atoms with Crippen molar-refractivity contribution in [2.45, 2.75) is 89.1 Å². The molecule has 1 aliphatic heterocycles. The van der Waals surface area contributed by atoms with Crippen molar-refractivity contribution in [2.75, 3.05) is 34.0 Å². The Labute approximate surface area is 369 Å². The van der Waals surface area contributed by atoms with E-state index in [4.69, 9.17) is 28.9 Å². The van der Waals surface area contributed by atoms with Gasteiger partial charge in [-0.1, -0.05) is 30.1 Å². The van der Waals surface area contributed by atoms with E-state index in [2.05, 4.69) is 12.7 Å². The topological polar surface area (TPSA) is 179 Å². The number of nitro benzene ring substituents is 1. The number of aldehydes is 1. The molecule has 14 heteroatoms. The molecule has 6 unspecified atom stereocenters. The van der Waals surface area contributed by atoms with Crippen LogP contribution in [0.5, 0.6) is 23.0 Å². The van der Waals surface area contributed by atoms with Gasteiger partial charge in [0.05, 0.1) is 35.8 Å². The molecule has 1 amide bonds. The maximum absolute atomic E-state index is 14.4. The quantitative estimate of drug-likeness (QED) is 0.0277. The van der Waals surface area contributed by atoms with Crippen LogP contribution in [0, 0.1) is 27.9 Å². The zero-order valence-electron chi connectivity index (χ0n) is 36.7. The predicted molar refractivity (Wildman–Crippen MR) is 239 cm³/mol. The Bertz CT molecular complexity index is 2210. The van der Waals surface area contributed by atoms with Crippen molar-refractivity contribution in [1.82, 2.24) is 4.90 Å². The highest BCUT2D eigenvalue weighted by atomic mass is 16.7. The summed E-state index contributed by atoms with van der Waals surface area (Å²) in [7, 11) is 3.20. The van der Waals surface area contributed by atoms with E-state index in [1.807, 2.05) is 32.9 Å². The van der Waals surface area contributed by atoms with E-state index in [0.29, 0.717) is 59.0 Å². The summed E-state index contributed by atoms with van der Waals surface area (Å²) in [6.45, 7) is 9.96. The third kappa shape index (κ3) is 10.5. The maximum Gasteiger partial charge on any atom is 0.269 e. The summed E-state index contributed by atoms with van der Waals surface area (Å²) in [4.78, 5) is 44.9. The van der Waals surface area contributed by atoms with Crippen LogP contribution in [-0.2, 0) is 14.4 Å². The van der Waals surface area contributed by atoms with E-state index in [1.54, 1.807) is 60.5 Å². The molecule has 0 spiro atoms. The molecule has 14 nitrogen and oxygen atoms in total. The van der Waals surface area contributed by atoms with Gasteiger partial charge in [-0.3, -0.25) is 19.7 Å². The number of fused-ring (bicyclic) bond motifs is 2. The fourth-order valence-corrected chi connectivity index (χ4v) is 9.13. The second-order valence-corrected chi connectivity index (χ2v) is 17.2. The molecule has 2 N–H and O–H groups in total. The molecule has 0 saturated heterocycles. The van der Waals surface area contributed by atoms with E-state index >= 15 is 0 Å². The largest absolute Gasteiger partial charge is 0.496 e. The highest BCUT2D eigenvalue weighted by Gasteiger charge is 2.65. The Balaban J connectivity index is 1.54. The van der Waals surface area contributed by atoms with Gasteiger partial charge < -0.3 is 38.9 Å². The fraction of sp³-hybridized carbons (Fsp3) is 0.449. The highest BCUT2D eigenvalue weighted by Crippen LogP contribution is 2.62. The van der Waals surface area contributed by atoms with Crippen LogP contribution in [0.4, 0.5) is 5.69 Å². The van der Waals surface area contributed by atoms with Gasteiger partial charge in [-0.2, -0.15) is 0 Å². The average Bonchev–Trinajstić information content (AvgIpc) is 3.27. The van der Waals surface area contributed by atoms with Crippen molar-refractivity contribution in [3.8, 4) is 23.0 Å². The molecule has 1 saturated carbocycles. The van der Waals surface area contributed by atoms with Gasteiger partial charge in [0.15, 0.2) is 6.29 Å². The van der Waals surface area contributed by atoms with Crippen LogP contribution in [0.3, 0.4) is 0 Å². The van der Waals surface area contributed by atoms with E-state index in [0.717, 1.165) is 36.8 Å². The van der Waals surface area contributed by atoms with Crippen molar-refractivity contribution in [3.63, 3.8) is 0 Å². The normalized spacial score (nSPS) is 23.2. The third-order valence-corrected chi connectivity index (χ3v) is 12.0. The highest BCUT2D eigenvalue weighted by molar-refractivity contribution is 6.03. The van der Waals surface area contributed by atoms with Crippen molar-refractivity contribution < 1.29 is 48.5 Å². The fourth-order valence-electron chi connectivity index (χ4n) is 9.13. The van der Waals surface area contributed by atoms with Gasteiger partial charge >= 0.3 is 0 Å². The summed E-state index contributed by atoms with van der Waals surface area (Å²) < 4.78 is 26.0. The van der Waals surface area contributed by atoms with Crippen LogP contribution in [0.2, 0.25) is 0 Å². The first-order valence-corrected chi connectivity index (χ1v) is 21.5. The molecule has 1 fully saturated rings. The minimum atomic E-state index is -1.47. The van der Waals surface area contributed by atoms with Crippen LogP contribution in [0.15, 0.2) is 96.2 Å². The predicted octanol–water partition coefficient (Wildman–Crippen LogP) is 8.81. The second kappa shape index (κ2) is 20.6. The van der Waals surface area contributed by atoms with Crippen molar-refractivity contribution in [3.05, 3.63) is 118 Å². The Morgan fingerprint density at radius 1 is 1.03 bits per heavy atom. The zero-order chi connectivity index (χ0) is 45.3. The molecule has 6 atom stereocenters. The molecule has 2 aliphatic carbocycles. The van der Waals surface area contributed by atoms with Gasteiger partial charge in [-0.25, -0.2) is 0 Å². The van der Waals surface area contributed by atoms with Gasteiger partial charge in [0.25, 0.3) is 5.69 Å². The molecular weight excluding hydrogens is 807 g/mol. The van der Waals surface area contributed by atoms with Crippen molar-refractivity contribution in [1.29, 1.82) is 0 Å². The zero-order valence-corrected chi connectivity index (χ0v) is 36.7. The van der Waals surface area contributed by atoms with Crippen molar-refractivity contribution >= 4 is 29.7 Å². The first-order chi connectivity index (χ1) is 30.3. The molecular formula is C49H59N3O11. The van der Waals surface area contributed by atoms with Gasteiger partial charge in [0.1, 0.15) is 34.6 Å². The number of aliphatic hydroxyl groups is 2. The number of benzene rings is 3. The SMILES string of the molecule is C=CCOC12Oc3ccc(Oc4ccc(OC)c(C=O)c4)cc3C3C(CCCCO)C(CCCCO)C=C(C(=NOC(C)(C)C)CC1N(C)C(=O)C=Cc1ccc([N+](=O)[O-])cc1)C32. The number of non-ortho nitro benzene ring substituents is 1. The minimum Gasteiger partial charge on any atom is -0.496 e. The number of amides is 1. The molecule has 3 aromatic rings. The Hall–Kier alpha value is -5.83. The van der Waals surface area contributed by atoms with Crippen LogP contribution in [-0.4, -0.2) is 89.3 Å². The lowest BCUT2D eigenvalue weighted by Crippen LogP contribution is -2.69. The van der Waals surface area contributed by atoms with E-state index in [1.165, 1.54) is 25.3 Å². The number of allylic oxidation sites excluding steroid dienone is 1. The maximum atomic E-state index is 14.4. The van der Waals surface area contributed by atoms with E-state index in [9.17, 15) is 29.9 Å². The number of carbonyl (C=O) groups excluding carboxylic acids is 2. The van der Waals surface area contributed by atoms with Crippen LogP contribution in [0.25, 0.3) is 6.08 Å². The van der Waals surface area contributed by atoms with Gasteiger partial charge in [0, 0.05) is 56.4 Å². The number of methoxy groups -OCH3 is 1. The van der Waals surface area contributed by atoms with Gasteiger partial charge in [-0.15, -0.1) is 6.58 Å². The molecule has 0 bridgehead atoms. The standard InChI is InChI=1S/C49H59N3O11/c1-7-26-60-49-44(51(5)45(56)23-16-32-14-17-35(18-15-32)52(57)58)30-41(50-63-48(2,3)4)39-28-33(12-8-10-24-53)38(13-9-11-25-54)46(47(39)49)40-29-37(20-22-43(40)62-49)61-36-19-21-42(59-6)34(27-36)31-55/h7,14-23,27-29,31,33,38,44,46-47,53-54H,1,8-13,24-26,30H2,2-6H3. The summed E-state index contributed by atoms with van der Waals surface area (Å²) in [5, 5.41) is 35.9. The number of nitro groups is 1. The summed E-state index contributed by atoms with van der Waals surface area (Å²) in [5.41, 5.74) is 2.68. The lowest BCUT2D eigenvalue weighted by atomic mass is 9.55. The van der Waals surface area contributed by atoms with E-state index in [-0.39, 0.29) is 55.6 Å². The number of likely N-dealkylation sites (N-methyl/N-ethyl adjacent to an activating group) is 1. The Morgan fingerprint density at radius 2 is 1.73 bits per heavy atom. The van der Waals surface area contributed by atoms with Crippen LogP contribution in [0.1, 0.15) is 93.1 Å². The minimum absolute atomic E-state index is 0.0113. The lowest BCUT2D eigenvalue weighted by molar-refractivity contribution is -0.384. The number of nitrogens with zero attached hydrogens (tertiary/aromatic N) is 3. The monoisotopic (exact) mass is 865 g/mol. The molecule has 6 rings (SSSR count). The van der Waals surface area contributed by atoms with Gasteiger partial charge in [0.2, 0.25) is 11.7 Å². The number of unbranched alkanes of at least 4 members (excludes halogenated alkanes) is 2. The number of oxime groups is 1. The molecule has 63 heavy (non-hydrogen) atoms.